The fraction of sp³-hybridized carbons (Fsp3) is 0.417. The number of rotatable bonds is 3. The number of nitrogens with zero attached hydrogens (tertiary/aromatic N) is 1. The first kappa shape index (κ1) is 12.4. The molecule has 3 atom stereocenters. The topological polar surface area (TPSA) is 57.9 Å². The Morgan fingerprint density at radius 1 is 1.47 bits per heavy atom. The van der Waals surface area contributed by atoms with Gasteiger partial charge in [-0.1, -0.05) is 30.7 Å². The van der Waals surface area contributed by atoms with E-state index in [1.54, 1.807) is 25.1 Å². The third kappa shape index (κ3) is 2.18. The summed E-state index contributed by atoms with van der Waals surface area (Å²) >= 11 is 5.87. The first-order valence-electron chi connectivity index (χ1n) is 5.38. The predicted molar refractivity (Wildman–Crippen MR) is 66.5 cm³/mol. The van der Waals surface area contributed by atoms with Crippen molar-refractivity contribution in [1.82, 2.24) is 0 Å². The summed E-state index contributed by atoms with van der Waals surface area (Å²) < 4.78 is 23.6. The average molecular weight is 270 g/mol. The van der Waals surface area contributed by atoms with Crippen molar-refractivity contribution in [3.05, 3.63) is 34.9 Å². The molecule has 0 amide bonds. The van der Waals surface area contributed by atoms with E-state index in [0.29, 0.717) is 5.02 Å². The Bertz CT molecular complexity index is 576. The van der Waals surface area contributed by atoms with E-state index in [1.165, 1.54) is 0 Å². The molecule has 0 aromatic heterocycles. The molecule has 0 aliphatic heterocycles. The van der Waals surface area contributed by atoms with Crippen LogP contribution in [0.2, 0.25) is 5.02 Å². The van der Waals surface area contributed by atoms with Crippen LogP contribution < -0.4 is 0 Å². The lowest BCUT2D eigenvalue weighted by atomic mass is 10.1. The normalized spacial score (nSPS) is 27.5. The van der Waals surface area contributed by atoms with Crippen molar-refractivity contribution in [2.24, 2.45) is 5.92 Å². The fourth-order valence-electron chi connectivity index (χ4n) is 2.19. The van der Waals surface area contributed by atoms with Crippen molar-refractivity contribution in [2.75, 3.05) is 5.75 Å². The summed E-state index contributed by atoms with van der Waals surface area (Å²) in [6.45, 7) is 1.61. The van der Waals surface area contributed by atoms with E-state index in [-0.39, 0.29) is 11.7 Å². The minimum atomic E-state index is -3.16. The van der Waals surface area contributed by atoms with Crippen molar-refractivity contribution in [1.29, 1.82) is 5.26 Å². The van der Waals surface area contributed by atoms with Crippen LogP contribution >= 0.6 is 11.6 Å². The Balaban J connectivity index is 2.34. The minimum Gasteiger partial charge on any atom is -0.228 e. The van der Waals surface area contributed by atoms with Gasteiger partial charge in [-0.05, 0) is 17.7 Å². The second kappa shape index (κ2) is 4.32. The molecular formula is C12H12ClNO2S. The van der Waals surface area contributed by atoms with Crippen LogP contribution in [0.15, 0.2) is 24.3 Å². The Morgan fingerprint density at radius 2 is 2.18 bits per heavy atom. The molecule has 17 heavy (non-hydrogen) atoms. The molecule has 5 heteroatoms. The molecule has 0 saturated heterocycles. The molecule has 2 rings (SSSR count). The fourth-order valence-corrected chi connectivity index (χ4v) is 4.13. The zero-order valence-corrected chi connectivity index (χ0v) is 10.9. The van der Waals surface area contributed by atoms with Gasteiger partial charge in [0.15, 0.2) is 9.84 Å². The number of nitriles is 1. The van der Waals surface area contributed by atoms with Crippen LogP contribution in [-0.2, 0) is 9.84 Å². The van der Waals surface area contributed by atoms with Gasteiger partial charge in [-0.2, -0.15) is 5.26 Å². The summed E-state index contributed by atoms with van der Waals surface area (Å²) in [5.74, 6) is -0.575. The maximum absolute atomic E-state index is 11.8. The quantitative estimate of drug-likeness (QED) is 0.846. The Morgan fingerprint density at radius 3 is 2.71 bits per heavy atom. The molecule has 0 unspecified atom stereocenters. The van der Waals surface area contributed by atoms with Crippen molar-refractivity contribution >= 4 is 21.4 Å². The van der Waals surface area contributed by atoms with Crippen molar-refractivity contribution < 1.29 is 8.42 Å². The largest absolute Gasteiger partial charge is 0.228 e. The van der Waals surface area contributed by atoms with E-state index in [0.717, 1.165) is 5.56 Å². The smallest absolute Gasteiger partial charge is 0.154 e. The maximum Gasteiger partial charge on any atom is 0.154 e. The second-order valence-electron chi connectivity index (χ2n) is 4.15. The molecule has 90 valence electrons. The lowest BCUT2D eigenvalue weighted by Crippen LogP contribution is -2.12. The molecule has 1 aromatic carbocycles. The summed E-state index contributed by atoms with van der Waals surface area (Å²) in [5, 5.41) is 9.00. The van der Waals surface area contributed by atoms with Crippen LogP contribution in [0.3, 0.4) is 0 Å². The van der Waals surface area contributed by atoms with Gasteiger partial charge in [0.1, 0.15) is 0 Å². The van der Waals surface area contributed by atoms with E-state index >= 15 is 0 Å². The first-order chi connectivity index (χ1) is 8.01. The van der Waals surface area contributed by atoms with Gasteiger partial charge in [-0.3, -0.25) is 0 Å². The van der Waals surface area contributed by atoms with Crippen LogP contribution in [0.25, 0.3) is 0 Å². The molecule has 1 aliphatic carbocycles. The highest BCUT2D eigenvalue weighted by Gasteiger charge is 2.58. The second-order valence-corrected chi connectivity index (χ2v) is 7.04. The zero-order chi connectivity index (χ0) is 12.6. The number of halogens is 1. The molecule has 1 saturated carbocycles. The minimum absolute atomic E-state index is 0.0763. The van der Waals surface area contributed by atoms with E-state index < -0.39 is 21.0 Å². The summed E-state index contributed by atoms with van der Waals surface area (Å²) in [5.41, 5.74) is 0.839. The maximum atomic E-state index is 11.8. The molecule has 1 aromatic rings. The monoisotopic (exact) mass is 269 g/mol. The zero-order valence-electron chi connectivity index (χ0n) is 9.30. The highest BCUT2D eigenvalue weighted by Crippen LogP contribution is 2.52. The summed E-state index contributed by atoms with van der Waals surface area (Å²) in [7, 11) is -3.16. The summed E-state index contributed by atoms with van der Waals surface area (Å²) in [4.78, 5) is 0. The van der Waals surface area contributed by atoms with Crippen LogP contribution in [0.1, 0.15) is 18.4 Å². The van der Waals surface area contributed by atoms with Gasteiger partial charge in [0.05, 0.1) is 17.2 Å². The van der Waals surface area contributed by atoms with E-state index in [9.17, 15) is 8.42 Å². The highest BCUT2D eigenvalue weighted by molar-refractivity contribution is 7.92. The van der Waals surface area contributed by atoms with E-state index in [4.69, 9.17) is 16.9 Å². The standard InChI is InChI=1S/C12H12ClNO2S/c1-2-17(15,16)12-10(7-14)11(12)8-4-3-5-9(13)6-8/h3-6,10-12H,2H2,1H3/t10-,11-,12-/m1/s1. The lowest BCUT2D eigenvalue weighted by molar-refractivity contribution is 0.594. The molecule has 1 aliphatic rings. The number of hydrogen-bond acceptors (Lipinski definition) is 3. The summed E-state index contributed by atoms with van der Waals surface area (Å²) in [6.07, 6.45) is 0. The Kier molecular flexibility index (Phi) is 3.15. The molecule has 0 radical (unpaired) electrons. The average Bonchev–Trinajstić information content (AvgIpc) is 3.04. The van der Waals surface area contributed by atoms with Gasteiger partial charge in [0.25, 0.3) is 0 Å². The number of hydrogen-bond donors (Lipinski definition) is 0. The van der Waals surface area contributed by atoms with Crippen molar-refractivity contribution in [2.45, 2.75) is 18.1 Å². The molecule has 0 N–H and O–H groups in total. The summed E-state index contributed by atoms with van der Waals surface area (Å²) in [6, 6.07) is 9.15. The van der Waals surface area contributed by atoms with Gasteiger partial charge in [-0.15, -0.1) is 0 Å². The van der Waals surface area contributed by atoms with Gasteiger partial charge in [0, 0.05) is 16.7 Å². The number of benzene rings is 1. The van der Waals surface area contributed by atoms with Crippen LogP contribution in [-0.4, -0.2) is 19.4 Å². The van der Waals surface area contributed by atoms with Gasteiger partial charge < -0.3 is 0 Å². The molecule has 0 bridgehead atoms. The SMILES string of the molecule is CCS(=O)(=O)[C@@H]1[C@H](C#N)[C@H]1c1cccc(Cl)c1. The van der Waals surface area contributed by atoms with Gasteiger partial charge in [0.2, 0.25) is 0 Å². The number of sulfone groups is 1. The molecule has 0 spiro atoms. The van der Waals surface area contributed by atoms with Gasteiger partial charge >= 0.3 is 0 Å². The van der Waals surface area contributed by atoms with E-state index in [2.05, 4.69) is 6.07 Å². The van der Waals surface area contributed by atoms with Crippen molar-refractivity contribution in [3.63, 3.8) is 0 Å². The Labute approximate surface area is 106 Å². The van der Waals surface area contributed by atoms with Crippen LogP contribution in [0.5, 0.6) is 0 Å². The highest BCUT2D eigenvalue weighted by atomic mass is 35.5. The first-order valence-corrected chi connectivity index (χ1v) is 7.47. The third-order valence-corrected chi connectivity index (χ3v) is 5.61. The predicted octanol–water partition coefficient (Wildman–Crippen LogP) is 2.38. The Hall–Kier alpha value is -1.05. The van der Waals surface area contributed by atoms with Crippen LogP contribution in [0.4, 0.5) is 0 Å². The molecule has 0 heterocycles. The van der Waals surface area contributed by atoms with E-state index in [1.807, 2.05) is 6.07 Å². The third-order valence-electron chi connectivity index (χ3n) is 3.15. The molecule has 1 fully saturated rings. The van der Waals surface area contributed by atoms with Gasteiger partial charge in [-0.25, -0.2) is 8.42 Å². The molecule has 3 nitrogen and oxygen atoms in total. The van der Waals surface area contributed by atoms with Crippen LogP contribution in [0, 0.1) is 17.2 Å². The van der Waals surface area contributed by atoms with Crippen molar-refractivity contribution in [3.8, 4) is 6.07 Å². The lowest BCUT2D eigenvalue weighted by Gasteiger charge is -2.00. The molecular weight excluding hydrogens is 258 g/mol.